The van der Waals surface area contributed by atoms with Gasteiger partial charge in [0.15, 0.2) is 0 Å². The summed E-state index contributed by atoms with van der Waals surface area (Å²) in [5.41, 5.74) is 1.74. The van der Waals surface area contributed by atoms with E-state index in [1.807, 2.05) is 48.9 Å². The maximum absolute atomic E-state index is 12.5. The number of nitrogens with zero attached hydrogens (tertiary/aromatic N) is 3. The first kappa shape index (κ1) is 17.7. The number of carbonyl (C=O) groups is 1. The number of carbonyl (C=O) groups excluding carboxylic acids is 1. The fraction of sp³-hybridized carbons (Fsp3) is 0.353. The van der Waals surface area contributed by atoms with Gasteiger partial charge in [-0.05, 0) is 39.2 Å². The highest BCUT2D eigenvalue weighted by Gasteiger charge is 2.21. The van der Waals surface area contributed by atoms with Crippen LogP contribution in [0.5, 0.6) is 0 Å². The maximum Gasteiger partial charge on any atom is 0.273 e. The molecule has 0 aliphatic heterocycles. The zero-order chi connectivity index (χ0) is 17.9. The number of likely N-dealkylation sites (N-methyl/N-ethyl adjacent to an activating group) is 1. The van der Waals surface area contributed by atoms with Gasteiger partial charge in [-0.25, -0.2) is 0 Å². The van der Waals surface area contributed by atoms with E-state index in [0.717, 1.165) is 5.69 Å². The van der Waals surface area contributed by atoms with Gasteiger partial charge in [-0.15, -0.1) is 0 Å². The summed E-state index contributed by atoms with van der Waals surface area (Å²) >= 11 is 0. The van der Waals surface area contributed by atoms with Crippen LogP contribution in [0.15, 0.2) is 36.5 Å². The van der Waals surface area contributed by atoms with Crippen LogP contribution in [0.3, 0.4) is 0 Å². The summed E-state index contributed by atoms with van der Waals surface area (Å²) in [5, 5.41) is 13.9. The topological polar surface area (TPSA) is 80.4 Å². The molecule has 7 heteroatoms. The van der Waals surface area contributed by atoms with Crippen molar-refractivity contribution in [1.82, 2.24) is 14.8 Å². The van der Waals surface area contributed by atoms with Crippen LogP contribution in [0.25, 0.3) is 0 Å². The van der Waals surface area contributed by atoms with E-state index in [0.29, 0.717) is 17.7 Å². The molecule has 0 fully saturated rings. The van der Waals surface area contributed by atoms with Gasteiger partial charge in [0.2, 0.25) is 0 Å². The summed E-state index contributed by atoms with van der Waals surface area (Å²) in [6.45, 7) is 2.00. The van der Waals surface area contributed by atoms with Crippen molar-refractivity contribution in [3.8, 4) is 0 Å². The number of benzene rings is 1. The molecule has 1 aromatic heterocycles. The molecule has 0 aliphatic carbocycles. The Labute approximate surface area is 141 Å². The van der Waals surface area contributed by atoms with E-state index in [9.17, 15) is 14.9 Å². The van der Waals surface area contributed by atoms with E-state index in [4.69, 9.17) is 0 Å². The van der Waals surface area contributed by atoms with Crippen LogP contribution in [-0.2, 0) is 7.05 Å². The normalized spacial score (nSPS) is 12.2. The fourth-order valence-corrected chi connectivity index (χ4v) is 2.72. The molecule has 0 saturated heterocycles. The molecular formula is C17H22N4O3. The van der Waals surface area contributed by atoms with Crippen LogP contribution in [-0.4, -0.2) is 40.9 Å². The van der Waals surface area contributed by atoms with Crippen molar-refractivity contribution in [1.29, 1.82) is 0 Å². The molecule has 1 N–H and O–H groups in total. The third kappa shape index (κ3) is 3.62. The number of nitro benzene ring substituents is 1. The molecule has 0 spiro atoms. The van der Waals surface area contributed by atoms with E-state index >= 15 is 0 Å². The molecule has 128 valence electrons. The number of hydrogen-bond acceptors (Lipinski definition) is 4. The lowest BCUT2D eigenvalue weighted by atomic mass is 10.1. The molecule has 7 nitrogen and oxygen atoms in total. The zero-order valence-corrected chi connectivity index (χ0v) is 14.3. The van der Waals surface area contributed by atoms with Gasteiger partial charge in [-0.1, -0.05) is 6.07 Å². The lowest BCUT2D eigenvalue weighted by molar-refractivity contribution is -0.385. The minimum Gasteiger partial charge on any atom is -0.353 e. The molecule has 1 aromatic carbocycles. The summed E-state index contributed by atoms with van der Waals surface area (Å²) in [7, 11) is 5.85. The van der Waals surface area contributed by atoms with E-state index in [1.54, 1.807) is 13.0 Å². The number of aromatic nitrogens is 1. The lowest BCUT2D eigenvalue weighted by Gasteiger charge is -2.25. The van der Waals surface area contributed by atoms with Gasteiger partial charge in [0.1, 0.15) is 0 Å². The Morgan fingerprint density at radius 3 is 2.58 bits per heavy atom. The highest BCUT2D eigenvalue weighted by atomic mass is 16.6. The van der Waals surface area contributed by atoms with Crippen molar-refractivity contribution in [3.63, 3.8) is 0 Å². The van der Waals surface area contributed by atoms with E-state index in [1.165, 1.54) is 12.1 Å². The van der Waals surface area contributed by atoms with Gasteiger partial charge in [0, 0.05) is 42.7 Å². The van der Waals surface area contributed by atoms with Crippen LogP contribution < -0.4 is 5.32 Å². The van der Waals surface area contributed by atoms with Crippen LogP contribution >= 0.6 is 0 Å². The Morgan fingerprint density at radius 1 is 1.33 bits per heavy atom. The molecule has 0 saturated carbocycles. The van der Waals surface area contributed by atoms with Crippen LogP contribution in [0, 0.1) is 17.0 Å². The number of nitrogens with one attached hydrogen (secondary N) is 1. The molecule has 0 bridgehead atoms. The van der Waals surface area contributed by atoms with Crippen molar-refractivity contribution in [2.45, 2.75) is 13.0 Å². The summed E-state index contributed by atoms with van der Waals surface area (Å²) in [4.78, 5) is 25.0. The third-order valence-corrected chi connectivity index (χ3v) is 4.15. The van der Waals surface area contributed by atoms with Crippen molar-refractivity contribution in [3.05, 3.63) is 63.5 Å². The van der Waals surface area contributed by atoms with Gasteiger partial charge in [-0.3, -0.25) is 19.8 Å². The number of hydrogen-bond donors (Lipinski definition) is 1. The van der Waals surface area contributed by atoms with Crippen molar-refractivity contribution in [2.75, 3.05) is 20.6 Å². The highest BCUT2D eigenvalue weighted by molar-refractivity contribution is 5.96. The van der Waals surface area contributed by atoms with Crippen molar-refractivity contribution in [2.24, 2.45) is 7.05 Å². The molecule has 0 aliphatic rings. The predicted molar refractivity (Wildman–Crippen MR) is 92.0 cm³/mol. The number of amides is 1. The average Bonchev–Trinajstić information content (AvgIpc) is 2.93. The summed E-state index contributed by atoms with van der Waals surface area (Å²) < 4.78 is 2.01. The number of nitro groups is 1. The first-order valence-corrected chi connectivity index (χ1v) is 7.62. The monoisotopic (exact) mass is 330 g/mol. The first-order chi connectivity index (χ1) is 11.3. The number of aryl methyl sites for hydroxylation is 1. The molecule has 2 aromatic rings. The van der Waals surface area contributed by atoms with Gasteiger partial charge in [-0.2, -0.15) is 0 Å². The Bertz CT molecular complexity index is 752. The summed E-state index contributed by atoms with van der Waals surface area (Å²) in [6.07, 6.45) is 1.96. The Kier molecular flexibility index (Phi) is 5.35. The minimum absolute atomic E-state index is 0.00736. The van der Waals surface area contributed by atoms with Gasteiger partial charge in [0.25, 0.3) is 11.6 Å². The smallest absolute Gasteiger partial charge is 0.273 e. The molecule has 1 atom stereocenters. The molecule has 0 radical (unpaired) electrons. The van der Waals surface area contributed by atoms with Gasteiger partial charge in [0.05, 0.1) is 11.0 Å². The zero-order valence-electron chi connectivity index (χ0n) is 14.3. The molecule has 1 unspecified atom stereocenters. The SMILES string of the molecule is Cc1c(C(=O)NCC(c2cccn2C)N(C)C)cccc1[N+](=O)[O-]. The quantitative estimate of drug-likeness (QED) is 0.651. The molecule has 24 heavy (non-hydrogen) atoms. The van der Waals surface area contributed by atoms with Crippen LogP contribution in [0.4, 0.5) is 5.69 Å². The predicted octanol–water partition coefficient (Wildman–Crippen LogP) is 2.27. The van der Waals surface area contributed by atoms with E-state index < -0.39 is 4.92 Å². The largest absolute Gasteiger partial charge is 0.353 e. The molecule has 1 amide bonds. The van der Waals surface area contributed by atoms with Crippen molar-refractivity contribution >= 4 is 11.6 Å². The summed E-state index contributed by atoms with van der Waals surface area (Å²) in [5.74, 6) is -0.308. The molecule has 2 rings (SSSR count). The Balaban J connectivity index is 2.16. The molecular weight excluding hydrogens is 308 g/mol. The second-order valence-electron chi connectivity index (χ2n) is 5.94. The first-order valence-electron chi connectivity index (χ1n) is 7.62. The van der Waals surface area contributed by atoms with E-state index in [2.05, 4.69) is 5.32 Å². The summed E-state index contributed by atoms with van der Waals surface area (Å²) in [6, 6.07) is 8.51. The second-order valence-corrected chi connectivity index (χ2v) is 5.94. The van der Waals surface area contributed by atoms with Crippen molar-refractivity contribution < 1.29 is 9.72 Å². The van der Waals surface area contributed by atoms with Gasteiger partial charge >= 0.3 is 0 Å². The third-order valence-electron chi connectivity index (χ3n) is 4.15. The number of rotatable bonds is 6. The lowest BCUT2D eigenvalue weighted by Crippen LogP contribution is -2.35. The molecule has 1 heterocycles. The average molecular weight is 330 g/mol. The van der Waals surface area contributed by atoms with Gasteiger partial charge < -0.3 is 9.88 Å². The van der Waals surface area contributed by atoms with E-state index in [-0.39, 0.29) is 17.6 Å². The fourth-order valence-electron chi connectivity index (χ4n) is 2.72. The Hall–Kier alpha value is -2.67. The van der Waals surface area contributed by atoms with Crippen LogP contribution in [0.2, 0.25) is 0 Å². The maximum atomic E-state index is 12.5. The standard InChI is InChI=1S/C17H22N4O3/c1-12-13(7-5-8-14(12)21(23)24)17(22)18-11-16(19(2)3)15-9-6-10-20(15)4/h5-10,16H,11H2,1-4H3,(H,18,22). The minimum atomic E-state index is -0.474. The van der Waals surface area contributed by atoms with Crippen LogP contribution in [0.1, 0.15) is 27.7 Å². The highest BCUT2D eigenvalue weighted by Crippen LogP contribution is 2.22. The Morgan fingerprint density at radius 2 is 2.04 bits per heavy atom. The second kappa shape index (κ2) is 7.27.